The van der Waals surface area contributed by atoms with Crippen LogP contribution in [0.1, 0.15) is 22.9 Å². The predicted molar refractivity (Wildman–Crippen MR) is 100 cm³/mol. The number of nitrogens with two attached hydrogens (primary N) is 1. The third-order valence-electron chi connectivity index (χ3n) is 4.12. The van der Waals surface area contributed by atoms with Gasteiger partial charge in [0.2, 0.25) is 0 Å². The zero-order valence-corrected chi connectivity index (χ0v) is 17.1. The van der Waals surface area contributed by atoms with Gasteiger partial charge in [-0.1, -0.05) is 11.8 Å². The topological polar surface area (TPSA) is 64.7 Å². The lowest BCUT2D eigenvalue weighted by molar-refractivity contribution is -0.253. The van der Waals surface area contributed by atoms with Crippen LogP contribution in [0.3, 0.4) is 0 Å². The summed E-state index contributed by atoms with van der Waals surface area (Å²) in [7, 11) is 0. The number of aromatic nitrogens is 3. The van der Waals surface area contributed by atoms with Gasteiger partial charge in [0, 0.05) is 23.7 Å². The summed E-state index contributed by atoms with van der Waals surface area (Å²) in [5.74, 6) is -3.99. The summed E-state index contributed by atoms with van der Waals surface area (Å²) in [4.78, 5) is 11.0. The van der Waals surface area contributed by atoms with Crippen molar-refractivity contribution in [3.8, 4) is 0 Å². The molecule has 0 saturated carbocycles. The van der Waals surface area contributed by atoms with E-state index in [0.717, 1.165) is 29.4 Å². The van der Waals surface area contributed by atoms with Gasteiger partial charge >= 0.3 is 18.5 Å². The van der Waals surface area contributed by atoms with Crippen LogP contribution >= 0.6 is 23.1 Å². The molecule has 0 aliphatic carbocycles. The van der Waals surface area contributed by atoms with Gasteiger partial charge in [-0.2, -0.15) is 39.5 Å². The zero-order valence-electron chi connectivity index (χ0n) is 15.4. The molecule has 0 bridgehead atoms. The lowest BCUT2D eigenvalue weighted by Crippen LogP contribution is -2.33. The normalized spacial score (nSPS) is 13.3. The SMILES string of the molecule is Nc1cc(C(F)(F)F)nc(SCCc2cc3c(C(C(F)(F)F)C(F)(F)F)csc3cn2)n1. The van der Waals surface area contributed by atoms with Crippen molar-refractivity contribution >= 4 is 39.0 Å². The number of fused-ring (bicyclic) bond motifs is 1. The lowest BCUT2D eigenvalue weighted by Gasteiger charge is -2.22. The molecule has 0 spiro atoms. The molecule has 0 fully saturated rings. The molecule has 4 nitrogen and oxygen atoms in total. The Labute approximate surface area is 182 Å². The largest absolute Gasteiger partial charge is 0.433 e. The van der Waals surface area contributed by atoms with E-state index in [2.05, 4.69) is 15.0 Å². The Morgan fingerprint density at radius 2 is 1.62 bits per heavy atom. The molecule has 3 rings (SSSR count). The summed E-state index contributed by atoms with van der Waals surface area (Å²) >= 11 is 1.49. The highest BCUT2D eigenvalue weighted by atomic mass is 32.2. The third kappa shape index (κ3) is 5.54. The number of nitrogen functional groups attached to an aromatic ring is 1. The average Bonchev–Trinajstić information content (AvgIpc) is 3.01. The van der Waals surface area contributed by atoms with E-state index in [4.69, 9.17) is 5.73 Å². The Morgan fingerprint density at radius 3 is 2.22 bits per heavy atom. The maximum atomic E-state index is 13.1. The fraction of sp³-hybridized carbons (Fsp3) is 0.353. The Hall–Kier alpha value is -2.29. The number of anilines is 1. The Bertz CT molecular complexity index is 1090. The lowest BCUT2D eigenvalue weighted by atomic mass is 9.97. The van der Waals surface area contributed by atoms with Crippen LogP contribution in [0.4, 0.5) is 45.3 Å². The summed E-state index contributed by atoms with van der Waals surface area (Å²) in [6.45, 7) is 0. The van der Waals surface area contributed by atoms with Crippen molar-refractivity contribution in [3.05, 3.63) is 40.7 Å². The van der Waals surface area contributed by atoms with E-state index in [0.29, 0.717) is 17.4 Å². The molecule has 0 aliphatic rings. The highest BCUT2D eigenvalue weighted by Crippen LogP contribution is 2.49. The molecule has 0 aromatic carbocycles. The summed E-state index contributed by atoms with van der Waals surface area (Å²) in [6, 6.07) is 1.68. The molecule has 0 saturated heterocycles. The Balaban J connectivity index is 1.82. The standard InChI is InChI=1S/C17H11F9N4S2/c18-15(19,20)11-4-12(27)30-14(29-11)31-2-1-7-3-8-9(6-32-10(8)5-28-7)13(16(21,22)23)17(24,25)26/h3-6,13H,1-2H2,(H2,27,29,30). The van der Waals surface area contributed by atoms with Gasteiger partial charge in [-0.3, -0.25) is 4.98 Å². The van der Waals surface area contributed by atoms with E-state index in [9.17, 15) is 39.5 Å². The van der Waals surface area contributed by atoms with E-state index in [1.54, 1.807) is 0 Å². The number of thiophene rings is 1. The average molecular weight is 506 g/mol. The second-order valence-electron chi connectivity index (χ2n) is 6.44. The molecule has 0 aliphatic heterocycles. The maximum Gasteiger partial charge on any atom is 0.433 e. The molecule has 3 heterocycles. The molecular weight excluding hydrogens is 495 g/mol. The molecule has 3 aromatic rings. The van der Waals surface area contributed by atoms with Crippen LogP contribution in [0.5, 0.6) is 0 Å². The van der Waals surface area contributed by atoms with Crippen LogP contribution in [0.25, 0.3) is 10.1 Å². The number of halogens is 9. The second-order valence-corrected chi connectivity index (χ2v) is 8.41. The van der Waals surface area contributed by atoms with Crippen LogP contribution in [0.15, 0.2) is 28.9 Å². The van der Waals surface area contributed by atoms with Crippen molar-refractivity contribution in [3.63, 3.8) is 0 Å². The first-order chi connectivity index (χ1) is 14.7. The molecule has 2 N–H and O–H groups in total. The summed E-state index contributed by atoms with van der Waals surface area (Å²) in [5.41, 5.74) is 3.35. The zero-order chi connectivity index (χ0) is 23.9. The van der Waals surface area contributed by atoms with Gasteiger partial charge in [-0.05, 0) is 28.8 Å². The maximum absolute atomic E-state index is 13.1. The van der Waals surface area contributed by atoms with Crippen molar-refractivity contribution in [2.75, 3.05) is 11.5 Å². The van der Waals surface area contributed by atoms with Crippen LogP contribution in [-0.2, 0) is 12.6 Å². The van der Waals surface area contributed by atoms with Gasteiger partial charge < -0.3 is 5.73 Å². The van der Waals surface area contributed by atoms with Crippen LogP contribution in [-0.4, -0.2) is 33.1 Å². The molecule has 0 radical (unpaired) electrons. The Morgan fingerprint density at radius 1 is 0.969 bits per heavy atom. The summed E-state index contributed by atoms with van der Waals surface area (Å²) < 4.78 is 117. The first kappa shape index (κ1) is 24.4. The number of hydrogen-bond acceptors (Lipinski definition) is 6. The van der Waals surface area contributed by atoms with Crippen LogP contribution in [0.2, 0.25) is 0 Å². The number of pyridine rings is 1. The fourth-order valence-electron chi connectivity index (χ4n) is 2.79. The van der Waals surface area contributed by atoms with Crippen LogP contribution in [0, 0.1) is 0 Å². The van der Waals surface area contributed by atoms with E-state index in [1.165, 1.54) is 0 Å². The minimum absolute atomic E-state index is 0.0259. The number of rotatable bonds is 5. The van der Waals surface area contributed by atoms with Gasteiger partial charge in [0.05, 0.1) is 4.70 Å². The highest BCUT2D eigenvalue weighted by molar-refractivity contribution is 7.99. The van der Waals surface area contributed by atoms with E-state index >= 15 is 0 Å². The third-order valence-corrected chi connectivity index (χ3v) is 5.92. The molecule has 32 heavy (non-hydrogen) atoms. The van der Waals surface area contributed by atoms with E-state index in [1.807, 2.05) is 0 Å². The highest BCUT2D eigenvalue weighted by Gasteiger charge is 2.58. The summed E-state index contributed by atoms with van der Waals surface area (Å²) in [5, 5.41) is 0.295. The van der Waals surface area contributed by atoms with Crippen molar-refractivity contribution in [2.45, 2.75) is 36.0 Å². The van der Waals surface area contributed by atoms with Gasteiger partial charge in [-0.15, -0.1) is 11.3 Å². The second kappa shape index (κ2) is 8.57. The summed E-state index contributed by atoms with van der Waals surface area (Å²) in [6.07, 6.45) is -14.6. The molecular formula is C17H11F9N4S2. The molecule has 3 aromatic heterocycles. The first-order valence-corrected chi connectivity index (χ1v) is 10.4. The molecule has 0 unspecified atom stereocenters. The molecule has 174 valence electrons. The van der Waals surface area contributed by atoms with Crippen molar-refractivity contribution in [2.24, 2.45) is 0 Å². The fourth-order valence-corrected chi connectivity index (χ4v) is 4.56. The monoisotopic (exact) mass is 506 g/mol. The van der Waals surface area contributed by atoms with Gasteiger partial charge in [0.25, 0.3) is 0 Å². The van der Waals surface area contributed by atoms with Crippen molar-refractivity contribution in [1.29, 1.82) is 0 Å². The number of thioether (sulfide) groups is 1. The van der Waals surface area contributed by atoms with Gasteiger partial charge in [0.15, 0.2) is 16.8 Å². The number of alkyl halides is 9. The molecule has 0 amide bonds. The van der Waals surface area contributed by atoms with Crippen molar-refractivity contribution in [1.82, 2.24) is 15.0 Å². The molecule has 15 heteroatoms. The minimum Gasteiger partial charge on any atom is -0.384 e. The predicted octanol–water partition coefficient (Wildman–Crippen LogP) is 6.23. The van der Waals surface area contributed by atoms with Gasteiger partial charge in [-0.25, -0.2) is 9.97 Å². The Kier molecular flexibility index (Phi) is 6.52. The van der Waals surface area contributed by atoms with Crippen LogP contribution < -0.4 is 5.73 Å². The number of aryl methyl sites for hydroxylation is 1. The minimum atomic E-state index is -5.54. The molecule has 0 atom stereocenters. The smallest absolute Gasteiger partial charge is 0.384 e. The van der Waals surface area contributed by atoms with Gasteiger partial charge in [0.1, 0.15) is 5.82 Å². The van der Waals surface area contributed by atoms with E-state index < -0.39 is 41.5 Å². The van der Waals surface area contributed by atoms with Crippen molar-refractivity contribution < 1.29 is 39.5 Å². The van der Waals surface area contributed by atoms with E-state index in [-0.39, 0.29) is 33.1 Å². The number of nitrogens with zero attached hydrogens (tertiary/aromatic N) is 3. The quantitative estimate of drug-likeness (QED) is 0.253. The first-order valence-electron chi connectivity index (χ1n) is 8.50. The number of hydrogen-bond donors (Lipinski definition) is 1.